The number of nitrogens with zero attached hydrogens (tertiary/aromatic N) is 4. The fraction of sp³-hybridized carbons (Fsp3) is 0.429. The monoisotopic (exact) mass is 1060 g/mol. The molecule has 1 atom stereocenters. The lowest BCUT2D eigenvalue weighted by molar-refractivity contribution is -0.384. The Morgan fingerprint density at radius 2 is 1.72 bits per heavy atom. The standard InChI is InChI=1S/C56H63F2N7O8S2/c1-54(2)15-13-36(44(29-54)50-24-37(33-74-50)51-45(57)25-39(26-46(51)58)56(4,68)38-5-6-38)32-63-19-21-64(22-20-63)40-7-9-43(49(27-40)73-41-23-35-14-18-59-52(35)61-31-41)53(66)62-75(71,72)42-8-10-47(48(28-42)65(69)70)60-30-34-11-16-55(3,67)17-12-34/h7-10,14,18,23-28,31,33-34,38,60,67-68H,5-6,11-13,15-17,19-22,29-30,32H2,1-4H3,(H,59,61)(H,62,66). The molecule has 4 aliphatic rings. The van der Waals surface area contributed by atoms with Crippen LogP contribution in [-0.2, 0) is 15.6 Å². The third-order valence-electron chi connectivity index (χ3n) is 15.8. The molecule has 396 valence electrons. The lowest BCUT2D eigenvalue weighted by atomic mass is 9.73. The number of carbonyl (C=O) groups is 1. The molecular formula is C56H63F2N7O8S2. The number of allylic oxidation sites excluding steroid dienone is 1. The SMILES string of the molecule is CC1(C)CCC(CN2CCN(c3ccc(C(=O)NS(=O)(=O)c4ccc(NCC5CCC(C)(O)CC5)c([N+](=O)[O-])c4)c(Oc4cnc5[nH]ccc5c4)c3)CC2)=C(c2cc(-c3c(F)cc(C(C)(O)C4CC4)cc3F)cs2)C1. The molecule has 4 heterocycles. The Labute approximate surface area is 439 Å². The lowest BCUT2D eigenvalue weighted by Gasteiger charge is -2.39. The van der Waals surface area contributed by atoms with Crippen molar-refractivity contribution in [2.45, 2.75) is 102 Å². The number of nitro groups is 1. The lowest BCUT2D eigenvalue weighted by Crippen LogP contribution is -2.47. The number of fused-ring (bicyclic) bond motifs is 1. The highest BCUT2D eigenvalue weighted by Gasteiger charge is 2.42. The van der Waals surface area contributed by atoms with E-state index in [9.17, 15) is 33.5 Å². The van der Waals surface area contributed by atoms with Crippen molar-refractivity contribution in [3.8, 4) is 22.6 Å². The van der Waals surface area contributed by atoms with Crippen LogP contribution >= 0.6 is 11.3 Å². The highest BCUT2D eigenvalue weighted by atomic mass is 32.2. The largest absolute Gasteiger partial charge is 0.455 e. The maximum atomic E-state index is 15.7. The molecular weight excluding hydrogens is 1000 g/mol. The van der Waals surface area contributed by atoms with E-state index >= 15 is 8.78 Å². The van der Waals surface area contributed by atoms with Gasteiger partial charge in [0.25, 0.3) is 21.6 Å². The van der Waals surface area contributed by atoms with Crippen LogP contribution in [-0.4, -0.2) is 89.2 Å². The molecule has 5 N–H and O–H groups in total. The van der Waals surface area contributed by atoms with E-state index in [0.29, 0.717) is 62.5 Å². The van der Waals surface area contributed by atoms with Gasteiger partial charge in [-0.25, -0.2) is 26.9 Å². The van der Waals surface area contributed by atoms with E-state index in [0.717, 1.165) is 73.5 Å². The maximum absolute atomic E-state index is 15.7. The van der Waals surface area contributed by atoms with Gasteiger partial charge in [-0.15, -0.1) is 11.3 Å². The number of piperazine rings is 1. The molecule has 1 aliphatic heterocycles. The number of amides is 1. The summed E-state index contributed by atoms with van der Waals surface area (Å²) in [5.41, 5.74) is 2.16. The van der Waals surface area contributed by atoms with Crippen LogP contribution in [0.4, 0.5) is 25.8 Å². The number of hydrogen-bond acceptors (Lipinski definition) is 13. The smallest absolute Gasteiger partial charge is 0.293 e. The van der Waals surface area contributed by atoms with Crippen molar-refractivity contribution in [2.24, 2.45) is 17.3 Å². The van der Waals surface area contributed by atoms with Crippen LogP contribution in [0.2, 0.25) is 0 Å². The number of pyridine rings is 1. The van der Waals surface area contributed by atoms with E-state index in [1.54, 1.807) is 38.2 Å². The van der Waals surface area contributed by atoms with Crippen LogP contribution in [0.1, 0.15) is 106 Å². The van der Waals surface area contributed by atoms with Gasteiger partial charge in [-0.2, -0.15) is 0 Å². The molecule has 0 bridgehead atoms. The van der Waals surface area contributed by atoms with Crippen molar-refractivity contribution < 1.29 is 41.9 Å². The Bertz CT molecular complexity index is 3290. The average molecular weight is 1060 g/mol. The van der Waals surface area contributed by atoms with Gasteiger partial charge in [0.1, 0.15) is 34.5 Å². The second-order valence-corrected chi connectivity index (χ2v) is 24.8. The Kier molecular flexibility index (Phi) is 14.2. The second kappa shape index (κ2) is 20.4. The fourth-order valence-corrected chi connectivity index (χ4v) is 12.9. The molecule has 3 aliphatic carbocycles. The molecule has 1 amide bonds. The minimum absolute atomic E-state index is 0.00109. The molecule has 1 saturated heterocycles. The van der Waals surface area contributed by atoms with E-state index in [1.807, 2.05) is 17.5 Å². The summed E-state index contributed by atoms with van der Waals surface area (Å²) in [4.78, 5) is 38.2. The number of anilines is 2. The van der Waals surface area contributed by atoms with Gasteiger partial charge in [-0.05, 0) is 166 Å². The van der Waals surface area contributed by atoms with Gasteiger partial charge in [-0.1, -0.05) is 19.4 Å². The number of carbonyl (C=O) groups excluding carboxylic acids is 1. The summed E-state index contributed by atoms with van der Waals surface area (Å²) in [7, 11) is -4.63. The van der Waals surface area contributed by atoms with Gasteiger partial charge in [0, 0.05) is 73.5 Å². The van der Waals surface area contributed by atoms with Crippen LogP contribution in [0.25, 0.3) is 27.7 Å². The van der Waals surface area contributed by atoms with Crippen LogP contribution in [0.3, 0.4) is 0 Å². The molecule has 19 heteroatoms. The topological polar surface area (TPSA) is 203 Å². The van der Waals surface area contributed by atoms with E-state index in [4.69, 9.17) is 4.74 Å². The molecule has 2 saturated carbocycles. The van der Waals surface area contributed by atoms with Crippen molar-refractivity contribution in [1.82, 2.24) is 19.6 Å². The highest BCUT2D eigenvalue weighted by Crippen LogP contribution is 2.48. The van der Waals surface area contributed by atoms with Gasteiger partial charge >= 0.3 is 0 Å². The maximum Gasteiger partial charge on any atom is 0.293 e. The van der Waals surface area contributed by atoms with Crippen molar-refractivity contribution in [2.75, 3.05) is 49.5 Å². The molecule has 0 radical (unpaired) electrons. The fourth-order valence-electron chi connectivity index (χ4n) is 10.9. The van der Waals surface area contributed by atoms with Gasteiger partial charge in [0.2, 0.25) is 0 Å². The summed E-state index contributed by atoms with van der Waals surface area (Å²) < 4.78 is 67.5. The summed E-state index contributed by atoms with van der Waals surface area (Å²) >= 11 is 1.49. The molecule has 15 nitrogen and oxygen atoms in total. The molecule has 1 unspecified atom stereocenters. The van der Waals surface area contributed by atoms with Crippen LogP contribution < -0.4 is 19.7 Å². The van der Waals surface area contributed by atoms with Crippen molar-refractivity contribution in [1.29, 1.82) is 0 Å². The first-order valence-corrected chi connectivity index (χ1v) is 28.0. The number of benzene rings is 3. The first-order chi connectivity index (χ1) is 35.6. The molecule has 0 spiro atoms. The number of rotatable bonds is 16. The number of nitrogens with one attached hydrogen (secondary N) is 3. The second-order valence-electron chi connectivity index (χ2n) is 22.2. The number of aliphatic hydroxyl groups is 2. The van der Waals surface area contributed by atoms with Crippen LogP contribution in [0.15, 0.2) is 95.0 Å². The number of hydrogen-bond donors (Lipinski definition) is 5. The summed E-state index contributed by atoms with van der Waals surface area (Å²) in [5.74, 6) is -1.81. The molecule has 75 heavy (non-hydrogen) atoms. The summed E-state index contributed by atoms with van der Waals surface area (Å²) in [6.45, 7) is 11.7. The third-order valence-corrected chi connectivity index (χ3v) is 18.1. The third kappa shape index (κ3) is 11.5. The van der Waals surface area contributed by atoms with Gasteiger partial charge in [0.15, 0.2) is 0 Å². The normalized spacial score (nSPS) is 21.2. The van der Waals surface area contributed by atoms with E-state index in [-0.39, 0.29) is 45.4 Å². The summed E-state index contributed by atoms with van der Waals surface area (Å²) in [5, 5.41) is 39.2. The number of sulfonamides is 1. The Morgan fingerprint density at radius 1 is 0.987 bits per heavy atom. The highest BCUT2D eigenvalue weighted by molar-refractivity contribution is 7.90. The predicted octanol–water partition coefficient (Wildman–Crippen LogP) is 11.1. The first-order valence-electron chi connectivity index (χ1n) is 25.7. The molecule has 3 aromatic heterocycles. The Balaban J connectivity index is 0.850. The van der Waals surface area contributed by atoms with Crippen LogP contribution in [0, 0.1) is 39.0 Å². The molecule has 10 rings (SSSR count). The number of aromatic nitrogens is 2. The average Bonchev–Trinajstić information content (AvgIpc) is 3.96. The minimum Gasteiger partial charge on any atom is -0.455 e. The predicted molar refractivity (Wildman–Crippen MR) is 287 cm³/mol. The quantitative estimate of drug-likeness (QED) is 0.0454. The number of thiophene rings is 1. The zero-order valence-electron chi connectivity index (χ0n) is 42.5. The van der Waals surface area contributed by atoms with Gasteiger partial charge in [-0.3, -0.25) is 19.8 Å². The van der Waals surface area contributed by atoms with Gasteiger partial charge in [0.05, 0.1) is 38.3 Å². The van der Waals surface area contributed by atoms with Gasteiger partial charge < -0.3 is 30.2 Å². The molecule has 3 fully saturated rings. The number of ether oxygens (including phenoxy) is 1. The Hall–Kier alpha value is -6.25. The number of H-pyrrole nitrogens is 1. The number of halogens is 2. The van der Waals surface area contributed by atoms with Crippen molar-refractivity contribution >= 4 is 60.9 Å². The number of aromatic amines is 1. The number of nitro benzene ring substituents is 1. The van der Waals surface area contributed by atoms with E-state index in [2.05, 4.69) is 43.7 Å². The zero-order chi connectivity index (χ0) is 53.0. The van der Waals surface area contributed by atoms with E-state index < -0.39 is 54.3 Å². The summed E-state index contributed by atoms with van der Waals surface area (Å²) in [6, 6.07) is 16.4. The van der Waals surface area contributed by atoms with Crippen molar-refractivity contribution in [3.05, 3.63) is 128 Å². The van der Waals surface area contributed by atoms with Crippen molar-refractivity contribution in [3.63, 3.8) is 0 Å². The summed E-state index contributed by atoms with van der Waals surface area (Å²) in [6.07, 6.45) is 10.3. The van der Waals surface area contributed by atoms with Crippen LogP contribution in [0.5, 0.6) is 11.5 Å². The minimum atomic E-state index is -4.63. The molecule has 6 aromatic rings. The zero-order valence-corrected chi connectivity index (χ0v) is 44.2. The Morgan fingerprint density at radius 3 is 2.43 bits per heavy atom. The first kappa shape index (κ1) is 52.2. The van der Waals surface area contributed by atoms with E-state index in [1.165, 1.54) is 59.0 Å². The molecule has 3 aromatic carbocycles.